The third-order valence-corrected chi connectivity index (χ3v) is 2.79. The molecule has 0 N–H and O–H groups in total. The molecule has 0 aliphatic rings. The lowest BCUT2D eigenvalue weighted by Crippen LogP contribution is -1.90. The minimum atomic E-state index is 1.05. The zero-order chi connectivity index (χ0) is 10.4. The van der Waals surface area contributed by atoms with Crippen LogP contribution in [0.2, 0.25) is 0 Å². The number of rotatable bonds is 4. The van der Waals surface area contributed by atoms with Gasteiger partial charge in [0, 0.05) is 5.33 Å². The highest BCUT2D eigenvalue weighted by atomic mass is 79.9. The molecule has 1 aromatic carbocycles. The highest BCUT2D eigenvalue weighted by Gasteiger charge is 1.97. The van der Waals surface area contributed by atoms with Crippen molar-refractivity contribution in [3.05, 3.63) is 47.0 Å². The lowest BCUT2D eigenvalue weighted by Gasteiger charge is -2.05. The Balaban J connectivity index is 2.64. The molecule has 0 aliphatic carbocycles. The number of benzene rings is 1. The molecule has 0 radical (unpaired) electrons. The van der Waals surface area contributed by atoms with Gasteiger partial charge in [-0.3, -0.25) is 0 Å². The molecule has 0 atom stereocenters. The van der Waals surface area contributed by atoms with Crippen molar-refractivity contribution in [1.82, 2.24) is 0 Å². The Labute approximate surface area is 95.2 Å². The van der Waals surface area contributed by atoms with Crippen molar-refractivity contribution in [2.45, 2.75) is 26.7 Å². The third kappa shape index (κ3) is 3.67. The number of halogens is 1. The van der Waals surface area contributed by atoms with Crippen LogP contribution in [0.25, 0.3) is 0 Å². The monoisotopic (exact) mass is 252 g/mol. The van der Waals surface area contributed by atoms with Crippen LogP contribution in [0, 0.1) is 6.92 Å². The largest absolute Gasteiger partial charge is 0.0925 e. The molecule has 14 heavy (non-hydrogen) atoms. The summed E-state index contributed by atoms with van der Waals surface area (Å²) in [5.41, 5.74) is 4.29. The molecule has 1 rings (SSSR count). The van der Waals surface area contributed by atoms with E-state index in [4.69, 9.17) is 0 Å². The Kier molecular flexibility index (Phi) is 4.95. The van der Waals surface area contributed by atoms with Crippen molar-refractivity contribution in [3.8, 4) is 0 Å². The summed E-state index contributed by atoms with van der Waals surface area (Å²) < 4.78 is 0. The molecule has 1 aromatic rings. The molecule has 0 saturated carbocycles. The minimum absolute atomic E-state index is 1.05. The number of hydrogen-bond donors (Lipinski definition) is 0. The zero-order valence-corrected chi connectivity index (χ0v) is 10.5. The summed E-state index contributed by atoms with van der Waals surface area (Å²) in [6.45, 7) is 4.38. The molecule has 0 heterocycles. The fraction of sp³-hybridized carbons (Fsp3) is 0.385. The first-order chi connectivity index (χ1) is 6.74. The SMILES string of the molecule is CC(=CCCBr)Cc1ccccc1C. The van der Waals surface area contributed by atoms with Gasteiger partial charge < -0.3 is 0 Å². The van der Waals surface area contributed by atoms with Crippen LogP contribution in [0.3, 0.4) is 0 Å². The van der Waals surface area contributed by atoms with E-state index in [0.29, 0.717) is 0 Å². The molecule has 0 spiro atoms. The van der Waals surface area contributed by atoms with Crippen LogP contribution in [-0.4, -0.2) is 5.33 Å². The number of alkyl halides is 1. The highest BCUT2D eigenvalue weighted by Crippen LogP contribution is 2.12. The fourth-order valence-electron chi connectivity index (χ4n) is 1.48. The van der Waals surface area contributed by atoms with Crippen molar-refractivity contribution in [3.63, 3.8) is 0 Å². The van der Waals surface area contributed by atoms with Crippen molar-refractivity contribution in [1.29, 1.82) is 0 Å². The van der Waals surface area contributed by atoms with E-state index in [1.165, 1.54) is 16.7 Å². The van der Waals surface area contributed by atoms with Crippen LogP contribution in [0.1, 0.15) is 24.5 Å². The van der Waals surface area contributed by atoms with E-state index in [1.807, 2.05) is 0 Å². The van der Waals surface area contributed by atoms with Crippen LogP contribution in [0.5, 0.6) is 0 Å². The topological polar surface area (TPSA) is 0 Å². The van der Waals surface area contributed by atoms with E-state index in [2.05, 4.69) is 60.1 Å². The van der Waals surface area contributed by atoms with Gasteiger partial charge in [0.2, 0.25) is 0 Å². The van der Waals surface area contributed by atoms with Gasteiger partial charge in [0.25, 0.3) is 0 Å². The highest BCUT2D eigenvalue weighted by molar-refractivity contribution is 9.09. The fourth-order valence-corrected chi connectivity index (χ4v) is 1.71. The van der Waals surface area contributed by atoms with Gasteiger partial charge in [0.05, 0.1) is 0 Å². The van der Waals surface area contributed by atoms with Crippen LogP contribution in [-0.2, 0) is 6.42 Å². The van der Waals surface area contributed by atoms with E-state index in [1.54, 1.807) is 0 Å². The molecule has 0 aromatic heterocycles. The van der Waals surface area contributed by atoms with E-state index in [-0.39, 0.29) is 0 Å². The predicted molar refractivity (Wildman–Crippen MR) is 67.1 cm³/mol. The maximum atomic E-state index is 3.43. The molecule has 0 aliphatic heterocycles. The Morgan fingerprint density at radius 1 is 1.36 bits per heavy atom. The van der Waals surface area contributed by atoms with Gasteiger partial charge in [0.15, 0.2) is 0 Å². The van der Waals surface area contributed by atoms with E-state index >= 15 is 0 Å². The molecule has 0 nitrogen and oxygen atoms in total. The summed E-state index contributed by atoms with van der Waals surface area (Å²) in [6.07, 6.45) is 4.51. The van der Waals surface area contributed by atoms with Crippen molar-refractivity contribution < 1.29 is 0 Å². The summed E-state index contributed by atoms with van der Waals surface area (Å²) in [7, 11) is 0. The molecule has 76 valence electrons. The molecular formula is C13H17Br. The third-order valence-electron chi connectivity index (χ3n) is 2.33. The summed E-state index contributed by atoms with van der Waals surface area (Å²) in [4.78, 5) is 0. The lowest BCUT2D eigenvalue weighted by molar-refractivity contribution is 1.08. The molecular weight excluding hydrogens is 236 g/mol. The molecule has 0 unspecified atom stereocenters. The Hall–Kier alpha value is -0.560. The van der Waals surface area contributed by atoms with E-state index in [9.17, 15) is 0 Å². The zero-order valence-electron chi connectivity index (χ0n) is 8.89. The average molecular weight is 253 g/mol. The lowest BCUT2D eigenvalue weighted by atomic mass is 10.0. The second kappa shape index (κ2) is 6.02. The van der Waals surface area contributed by atoms with Gasteiger partial charge in [-0.2, -0.15) is 0 Å². The van der Waals surface area contributed by atoms with Crippen LogP contribution >= 0.6 is 15.9 Å². The molecule has 0 fully saturated rings. The van der Waals surface area contributed by atoms with Gasteiger partial charge in [-0.05, 0) is 37.8 Å². The minimum Gasteiger partial charge on any atom is -0.0925 e. The normalized spacial score (nSPS) is 11.8. The smallest absolute Gasteiger partial charge is 0.00660 e. The van der Waals surface area contributed by atoms with Gasteiger partial charge in [-0.25, -0.2) is 0 Å². The van der Waals surface area contributed by atoms with Crippen LogP contribution < -0.4 is 0 Å². The van der Waals surface area contributed by atoms with Crippen molar-refractivity contribution in [2.24, 2.45) is 0 Å². The maximum absolute atomic E-state index is 3.43. The number of allylic oxidation sites excluding steroid dienone is 2. The van der Waals surface area contributed by atoms with Gasteiger partial charge in [-0.15, -0.1) is 0 Å². The van der Waals surface area contributed by atoms with Crippen LogP contribution in [0.15, 0.2) is 35.9 Å². The Morgan fingerprint density at radius 3 is 2.71 bits per heavy atom. The second-order valence-electron chi connectivity index (χ2n) is 3.63. The Morgan fingerprint density at radius 2 is 2.07 bits per heavy atom. The van der Waals surface area contributed by atoms with Crippen molar-refractivity contribution >= 4 is 15.9 Å². The first kappa shape index (κ1) is 11.5. The average Bonchev–Trinajstić information content (AvgIpc) is 2.18. The maximum Gasteiger partial charge on any atom is 0.00660 e. The summed E-state index contributed by atoms with van der Waals surface area (Å²) in [5.74, 6) is 0. The quantitative estimate of drug-likeness (QED) is 0.555. The number of aryl methyl sites for hydroxylation is 1. The standard InChI is InChI=1S/C13H17Br/c1-11(6-5-9-14)10-13-8-4-3-7-12(13)2/h3-4,6-8H,5,9-10H2,1-2H3. The van der Waals surface area contributed by atoms with Crippen molar-refractivity contribution in [2.75, 3.05) is 5.33 Å². The first-order valence-corrected chi connectivity index (χ1v) is 6.12. The molecule has 0 bridgehead atoms. The molecule has 1 heteroatoms. The number of hydrogen-bond acceptors (Lipinski definition) is 0. The van der Waals surface area contributed by atoms with E-state index < -0.39 is 0 Å². The van der Waals surface area contributed by atoms with Gasteiger partial charge in [-0.1, -0.05) is 51.8 Å². The summed E-state index contributed by atoms with van der Waals surface area (Å²) in [5, 5.41) is 1.05. The van der Waals surface area contributed by atoms with Gasteiger partial charge >= 0.3 is 0 Å². The Bertz CT molecular complexity index is 313. The van der Waals surface area contributed by atoms with Crippen LogP contribution in [0.4, 0.5) is 0 Å². The second-order valence-corrected chi connectivity index (χ2v) is 4.42. The molecule has 0 saturated heterocycles. The summed E-state index contributed by atoms with van der Waals surface area (Å²) >= 11 is 3.43. The predicted octanol–water partition coefficient (Wildman–Crippen LogP) is 4.27. The van der Waals surface area contributed by atoms with E-state index in [0.717, 1.165) is 18.2 Å². The summed E-state index contributed by atoms with van der Waals surface area (Å²) in [6, 6.07) is 8.59. The van der Waals surface area contributed by atoms with Gasteiger partial charge in [0.1, 0.15) is 0 Å². The first-order valence-electron chi connectivity index (χ1n) is 5.00. The molecule has 0 amide bonds.